The molecular formula is C8H13NO4. The molecule has 0 heterocycles. The van der Waals surface area contributed by atoms with E-state index in [4.69, 9.17) is 5.11 Å². The monoisotopic (exact) mass is 187 g/mol. The molecule has 0 aliphatic heterocycles. The van der Waals surface area contributed by atoms with Crippen molar-refractivity contribution in [2.24, 2.45) is 5.92 Å². The number of hydrogen-bond acceptors (Lipinski definition) is 3. The van der Waals surface area contributed by atoms with Crippen LogP contribution in [0, 0.1) is 5.92 Å². The molecule has 1 atom stereocenters. The zero-order chi connectivity index (χ0) is 10.4. The molecular weight excluding hydrogens is 174 g/mol. The normalized spacial score (nSPS) is 11.9. The van der Waals surface area contributed by atoms with Crippen LogP contribution < -0.4 is 5.32 Å². The summed E-state index contributed by atoms with van der Waals surface area (Å²) in [4.78, 5) is 21.4. The lowest BCUT2D eigenvalue weighted by Gasteiger charge is -2.16. The van der Waals surface area contributed by atoms with Gasteiger partial charge in [-0.25, -0.2) is 9.59 Å². The highest BCUT2D eigenvalue weighted by atomic mass is 16.5. The molecule has 0 saturated heterocycles. The lowest BCUT2D eigenvalue weighted by atomic mass is 10.1. The third-order valence-electron chi connectivity index (χ3n) is 1.40. The fourth-order valence-electron chi connectivity index (χ4n) is 0.750. The second-order valence-corrected chi connectivity index (χ2v) is 2.78. The number of alkyl carbamates (subject to hydrolysis) is 1. The Kier molecular flexibility index (Phi) is 4.58. The van der Waals surface area contributed by atoms with E-state index >= 15 is 0 Å². The van der Waals surface area contributed by atoms with Gasteiger partial charge in [-0.05, 0) is 5.92 Å². The van der Waals surface area contributed by atoms with Gasteiger partial charge in [-0.1, -0.05) is 20.4 Å². The third-order valence-corrected chi connectivity index (χ3v) is 1.40. The number of nitrogens with one attached hydrogen (secondary N) is 1. The van der Waals surface area contributed by atoms with Gasteiger partial charge in [-0.15, -0.1) is 0 Å². The maximum absolute atomic E-state index is 10.8. The Bertz CT molecular complexity index is 212. The maximum Gasteiger partial charge on any atom is 0.412 e. The molecule has 0 saturated carbocycles. The van der Waals surface area contributed by atoms with Crippen molar-refractivity contribution in [3.05, 3.63) is 12.8 Å². The van der Waals surface area contributed by atoms with Crippen LogP contribution in [-0.4, -0.2) is 23.2 Å². The first-order valence-electron chi connectivity index (χ1n) is 3.80. The first-order chi connectivity index (χ1) is 5.99. The molecule has 1 unspecified atom stereocenters. The van der Waals surface area contributed by atoms with Crippen LogP contribution in [0.25, 0.3) is 0 Å². The van der Waals surface area contributed by atoms with Crippen molar-refractivity contribution >= 4 is 12.1 Å². The van der Waals surface area contributed by atoms with Crippen molar-refractivity contribution in [2.45, 2.75) is 19.9 Å². The molecule has 74 valence electrons. The van der Waals surface area contributed by atoms with Crippen LogP contribution in [0.1, 0.15) is 13.8 Å². The first kappa shape index (κ1) is 11.5. The van der Waals surface area contributed by atoms with E-state index in [0.29, 0.717) is 0 Å². The Hall–Kier alpha value is -1.52. The first-order valence-corrected chi connectivity index (χ1v) is 3.80. The standard InChI is InChI=1S/C8H13NO4/c1-4-13-8(12)9-6(5(2)3)7(10)11/h4-6H,1H2,2-3H3,(H,9,12)(H,10,11). The van der Waals surface area contributed by atoms with E-state index in [1.165, 1.54) is 0 Å². The molecule has 0 aliphatic rings. The summed E-state index contributed by atoms with van der Waals surface area (Å²) in [5, 5.41) is 10.8. The number of aliphatic carboxylic acids is 1. The second kappa shape index (κ2) is 5.18. The van der Waals surface area contributed by atoms with Crippen LogP contribution >= 0.6 is 0 Å². The molecule has 0 fully saturated rings. The molecule has 1 amide bonds. The van der Waals surface area contributed by atoms with E-state index < -0.39 is 18.1 Å². The largest absolute Gasteiger partial charge is 0.480 e. The number of ether oxygens (including phenoxy) is 1. The molecule has 5 nitrogen and oxygen atoms in total. The average molecular weight is 187 g/mol. The Labute approximate surface area is 76.4 Å². The maximum atomic E-state index is 10.8. The number of amides is 1. The van der Waals surface area contributed by atoms with Gasteiger partial charge in [0.1, 0.15) is 6.04 Å². The van der Waals surface area contributed by atoms with Crippen molar-refractivity contribution < 1.29 is 19.4 Å². The highest BCUT2D eigenvalue weighted by Gasteiger charge is 2.23. The molecule has 0 spiro atoms. The highest BCUT2D eigenvalue weighted by Crippen LogP contribution is 2.01. The average Bonchev–Trinajstić information content (AvgIpc) is 1.99. The minimum Gasteiger partial charge on any atom is -0.480 e. The van der Waals surface area contributed by atoms with Crippen molar-refractivity contribution in [1.29, 1.82) is 0 Å². The minimum atomic E-state index is -1.09. The van der Waals surface area contributed by atoms with E-state index in [-0.39, 0.29) is 5.92 Å². The number of carboxylic acids is 1. The van der Waals surface area contributed by atoms with Crippen LogP contribution in [0.4, 0.5) is 4.79 Å². The second-order valence-electron chi connectivity index (χ2n) is 2.78. The summed E-state index contributed by atoms with van der Waals surface area (Å²) >= 11 is 0. The quantitative estimate of drug-likeness (QED) is 0.643. The van der Waals surface area contributed by atoms with Gasteiger partial charge in [-0.2, -0.15) is 0 Å². The Morgan fingerprint density at radius 1 is 1.54 bits per heavy atom. The van der Waals surface area contributed by atoms with Crippen LogP contribution in [0.15, 0.2) is 12.8 Å². The summed E-state index contributed by atoms with van der Waals surface area (Å²) in [5.74, 6) is -1.29. The van der Waals surface area contributed by atoms with Crippen LogP contribution in [0.5, 0.6) is 0 Å². The van der Waals surface area contributed by atoms with Crippen molar-refractivity contribution in [3.8, 4) is 0 Å². The molecule has 0 aromatic rings. The third kappa shape index (κ3) is 4.15. The van der Waals surface area contributed by atoms with Gasteiger partial charge in [-0.3, -0.25) is 0 Å². The van der Waals surface area contributed by atoms with E-state index in [2.05, 4.69) is 16.6 Å². The molecule has 5 heteroatoms. The van der Waals surface area contributed by atoms with Gasteiger partial charge in [0.2, 0.25) is 0 Å². The number of carboxylic acid groups (broad SMARTS) is 1. The smallest absolute Gasteiger partial charge is 0.412 e. The lowest BCUT2D eigenvalue weighted by Crippen LogP contribution is -2.44. The van der Waals surface area contributed by atoms with E-state index in [1.54, 1.807) is 13.8 Å². The highest BCUT2D eigenvalue weighted by molar-refractivity contribution is 5.80. The molecule has 2 N–H and O–H groups in total. The van der Waals surface area contributed by atoms with Crippen molar-refractivity contribution in [3.63, 3.8) is 0 Å². The zero-order valence-electron chi connectivity index (χ0n) is 7.61. The van der Waals surface area contributed by atoms with Gasteiger partial charge in [0.05, 0.1) is 6.26 Å². The molecule has 0 rings (SSSR count). The fourth-order valence-corrected chi connectivity index (χ4v) is 0.750. The van der Waals surface area contributed by atoms with Gasteiger partial charge in [0, 0.05) is 0 Å². The van der Waals surface area contributed by atoms with Crippen molar-refractivity contribution in [2.75, 3.05) is 0 Å². The summed E-state index contributed by atoms with van der Waals surface area (Å²) in [6, 6.07) is -0.938. The Morgan fingerprint density at radius 2 is 2.08 bits per heavy atom. The van der Waals surface area contributed by atoms with E-state index in [0.717, 1.165) is 6.26 Å². The van der Waals surface area contributed by atoms with Gasteiger partial charge in [0.15, 0.2) is 0 Å². The van der Waals surface area contributed by atoms with Gasteiger partial charge < -0.3 is 15.2 Å². The predicted molar refractivity (Wildman–Crippen MR) is 46.1 cm³/mol. The molecule has 0 aromatic heterocycles. The number of carbonyl (C=O) groups excluding carboxylic acids is 1. The molecule has 0 aliphatic carbocycles. The fraction of sp³-hybridized carbons (Fsp3) is 0.500. The molecule has 13 heavy (non-hydrogen) atoms. The SMILES string of the molecule is C=COC(=O)NC(C(=O)O)C(C)C. The van der Waals surface area contributed by atoms with Gasteiger partial charge in [0.25, 0.3) is 0 Å². The predicted octanol–water partition coefficient (Wildman–Crippen LogP) is 0.965. The van der Waals surface area contributed by atoms with Crippen LogP contribution in [0.2, 0.25) is 0 Å². The van der Waals surface area contributed by atoms with Crippen LogP contribution in [-0.2, 0) is 9.53 Å². The minimum absolute atomic E-state index is 0.199. The Morgan fingerprint density at radius 3 is 2.38 bits per heavy atom. The molecule has 0 radical (unpaired) electrons. The summed E-state index contributed by atoms with van der Waals surface area (Å²) < 4.78 is 4.32. The summed E-state index contributed by atoms with van der Waals surface area (Å²) in [7, 11) is 0. The molecule has 0 bridgehead atoms. The number of hydrogen-bond donors (Lipinski definition) is 2. The number of rotatable bonds is 4. The summed E-state index contributed by atoms with van der Waals surface area (Å²) in [6.07, 6.45) is 0.130. The van der Waals surface area contributed by atoms with E-state index in [1.807, 2.05) is 0 Å². The Balaban J connectivity index is 4.18. The summed E-state index contributed by atoms with van der Waals surface area (Å²) in [6.45, 7) is 6.54. The van der Waals surface area contributed by atoms with Crippen molar-refractivity contribution in [1.82, 2.24) is 5.32 Å². The topological polar surface area (TPSA) is 75.6 Å². The van der Waals surface area contributed by atoms with Gasteiger partial charge >= 0.3 is 12.1 Å². The molecule has 0 aromatic carbocycles. The zero-order valence-corrected chi connectivity index (χ0v) is 7.61. The summed E-state index contributed by atoms with van der Waals surface area (Å²) in [5.41, 5.74) is 0. The number of carbonyl (C=O) groups is 2. The van der Waals surface area contributed by atoms with Crippen LogP contribution in [0.3, 0.4) is 0 Å². The lowest BCUT2D eigenvalue weighted by molar-refractivity contribution is -0.140. The van der Waals surface area contributed by atoms with E-state index in [9.17, 15) is 9.59 Å².